The third-order valence-corrected chi connectivity index (χ3v) is 4.90. The number of allylic oxidation sites excluding steroid dienone is 1. The average Bonchev–Trinajstić information content (AvgIpc) is 2.34. The van der Waals surface area contributed by atoms with Crippen LogP contribution in [0.5, 0.6) is 0 Å². The summed E-state index contributed by atoms with van der Waals surface area (Å²) in [4.78, 5) is 0.662. The van der Waals surface area contributed by atoms with Crippen LogP contribution in [0.3, 0.4) is 0 Å². The van der Waals surface area contributed by atoms with E-state index in [4.69, 9.17) is 4.74 Å². The van der Waals surface area contributed by atoms with Crippen LogP contribution in [0.1, 0.15) is 26.2 Å². The van der Waals surface area contributed by atoms with Crippen molar-refractivity contribution in [3.05, 3.63) is 42.7 Å². The summed E-state index contributed by atoms with van der Waals surface area (Å²) >= 11 is 0.519. The van der Waals surface area contributed by atoms with Crippen molar-refractivity contribution in [2.75, 3.05) is 7.11 Å². The van der Waals surface area contributed by atoms with Gasteiger partial charge in [0, 0.05) is 0 Å². The first-order chi connectivity index (χ1) is 7.86. The second-order valence-corrected chi connectivity index (χ2v) is 6.43. The maximum atomic E-state index is 5.02. The van der Waals surface area contributed by atoms with E-state index in [1.807, 2.05) is 6.26 Å². The Bertz CT molecular complexity index is 295. The maximum absolute atomic E-state index is 5.02. The van der Waals surface area contributed by atoms with Gasteiger partial charge >= 0.3 is 105 Å². The number of methoxy groups -OCH3 is 1. The predicted molar refractivity (Wildman–Crippen MR) is 71.3 cm³/mol. The van der Waals surface area contributed by atoms with Crippen molar-refractivity contribution in [1.29, 1.82) is 0 Å². The SMILES string of the molecule is CCCCC(/C=C\OC)[Se]c1ccccc1. The van der Waals surface area contributed by atoms with Crippen LogP contribution in [0, 0.1) is 0 Å². The molecule has 0 aromatic heterocycles. The molecule has 0 N–H and O–H groups in total. The summed E-state index contributed by atoms with van der Waals surface area (Å²) in [5, 5.41) is 0. The number of hydrogen-bond acceptors (Lipinski definition) is 1. The van der Waals surface area contributed by atoms with Gasteiger partial charge in [-0.1, -0.05) is 0 Å². The molecule has 0 saturated heterocycles. The first-order valence-electron chi connectivity index (χ1n) is 5.78. The molecule has 1 rings (SSSR count). The summed E-state index contributed by atoms with van der Waals surface area (Å²) in [6, 6.07) is 10.8. The van der Waals surface area contributed by atoms with Crippen molar-refractivity contribution < 1.29 is 4.74 Å². The van der Waals surface area contributed by atoms with Gasteiger partial charge in [-0.3, -0.25) is 0 Å². The quantitative estimate of drug-likeness (QED) is 0.552. The monoisotopic (exact) mass is 284 g/mol. The van der Waals surface area contributed by atoms with Crippen molar-refractivity contribution in [3.63, 3.8) is 0 Å². The Hall–Kier alpha value is -0.721. The van der Waals surface area contributed by atoms with Crippen LogP contribution >= 0.6 is 0 Å². The van der Waals surface area contributed by atoms with Gasteiger partial charge in [-0.2, -0.15) is 0 Å². The van der Waals surface area contributed by atoms with Gasteiger partial charge in [-0.25, -0.2) is 0 Å². The molecule has 0 aliphatic heterocycles. The fourth-order valence-corrected chi connectivity index (χ4v) is 3.73. The van der Waals surface area contributed by atoms with Gasteiger partial charge in [-0.15, -0.1) is 0 Å². The Morgan fingerprint density at radius 1 is 1.31 bits per heavy atom. The zero-order valence-electron chi connectivity index (χ0n) is 10.1. The summed E-state index contributed by atoms with van der Waals surface area (Å²) in [7, 11) is 1.71. The standard InChI is InChI=1S/C14H20OSe/c1-3-4-8-14(11-12-15-2)16-13-9-6-5-7-10-13/h5-7,9-12,14H,3-4,8H2,1-2H3/b12-11-. The van der Waals surface area contributed by atoms with Crippen LogP contribution in [0.25, 0.3) is 0 Å². The molecule has 1 aromatic rings. The van der Waals surface area contributed by atoms with Crippen molar-refractivity contribution in [3.8, 4) is 0 Å². The molecule has 0 aliphatic rings. The molecule has 0 fully saturated rings. The third kappa shape index (κ3) is 5.39. The van der Waals surface area contributed by atoms with Crippen LogP contribution in [-0.2, 0) is 4.74 Å². The third-order valence-electron chi connectivity index (χ3n) is 2.30. The molecule has 0 heterocycles. The van der Waals surface area contributed by atoms with Crippen LogP contribution in [0.2, 0.25) is 4.82 Å². The Morgan fingerprint density at radius 2 is 2.06 bits per heavy atom. The molecule has 0 radical (unpaired) electrons. The molecular formula is C14H20OSe. The van der Waals surface area contributed by atoms with Gasteiger partial charge in [0.15, 0.2) is 0 Å². The van der Waals surface area contributed by atoms with E-state index in [0.29, 0.717) is 19.8 Å². The molecular weight excluding hydrogens is 263 g/mol. The van der Waals surface area contributed by atoms with E-state index in [-0.39, 0.29) is 0 Å². The van der Waals surface area contributed by atoms with Crippen molar-refractivity contribution in [2.24, 2.45) is 0 Å². The molecule has 0 bridgehead atoms. The molecule has 0 saturated carbocycles. The fraction of sp³-hybridized carbons (Fsp3) is 0.429. The number of ether oxygens (including phenoxy) is 1. The topological polar surface area (TPSA) is 9.23 Å². The summed E-state index contributed by atoms with van der Waals surface area (Å²) in [5.74, 6) is 0. The Kier molecular flexibility index (Phi) is 7.03. The van der Waals surface area contributed by atoms with Crippen LogP contribution in [0.15, 0.2) is 42.7 Å². The van der Waals surface area contributed by atoms with Gasteiger partial charge in [0.05, 0.1) is 0 Å². The Balaban J connectivity index is 2.52. The predicted octanol–water partition coefficient (Wildman–Crippen LogP) is 3.15. The Labute approximate surface area is 105 Å². The van der Waals surface area contributed by atoms with Crippen LogP contribution in [-0.4, -0.2) is 22.1 Å². The summed E-state index contributed by atoms with van der Waals surface area (Å²) in [6.45, 7) is 2.24. The molecule has 0 amide bonds. The minimum atomic E-state index is 0.519. The summed E-state index contributed by atoms with van der Waals surface area (Å²) < 4.78 is 6.49. The molecule has 88 valence electrons. The molecule has 16 heavy (non-hydrogen) atoms. The van der Waals surface area contributed by atoms with E-state index in [9.17, 15) is 0 Å². The first kappa shape index (κ1) is 13.3. The minimum absolute atomic E-state index is 0.519. The number of benzene rings is 1. The second-order valence-electron chi connectivity index (χ2n) is 3.68. The summed E-state index contributed by atoms with van der Waals surface area (Å²) in [5.41, 5.74) is 0. The first-order valence-corrected chi connectivity index (χ1v) is 7.62. The Morgan fingerprint density at radius 3 is 2.69 bits per heavy atom. The van der Waals surface area contributed by atoms with Gasteiger partial charge < -0.3 is 0 Å². The van der Waals surface area contributed by atoms with Crippen molar-refractivity contribution in [1.82, 2.24) is 0 Å². The van der Waals surface area contributed by atoms with E-state index < -0.39 is 0 Å². The summed E-state index contributed by atoms with van der Waals surface area (Å²) in [6.07, 6.45) is 7.87. The van der Waals surface area contributed by atoms with Crippen LogP contribution in [0.4, 0.5) is 0 Å². The van der Waals surface area contributed by atoms with Crippen LogP contribution < -0.4 is 4.46 Å². The van der Waals surface area contributed by atoms with Crippen molar-refractivity contribution >= 4 is 19.4 Å². The molecule has 1 atom stereocenters. The second kappa shape index (κ2) is 8.43. The molecule has 1 nitrogen and oxygen atoms in total. The van der Waals surface area contributed by atoms with E-state index in [0.717, 1.165) is 0 Å². The van der Waals surface area contributed by atoms with Crippen molar-refractivity contribution in [2.45, 2.75) is 31.0 Å². The average molecular weight is 283 g/mol. The van der Waals surface area contributed by atoms with Gasteiger partial charge in [0.25, 0.3) is 0 Å². The number of rotatable bonds is 7. The molecule has 1 unspecified atom stereocenters. The zero-order valence-corrected chi connectivity index (χ0v) is 11.8. The molecule has 0 aliphatic carbocycles. The van der Waals surface area contributed by atoms with E-state index >= 15 is 0 Å². The zero-order chi connectivity index (χ0) is 11.6. The van der Waals surface area contributed by atoms with Gasteiger partial charge in [-0.05, 0) is 0 Å². The fourth-order valence-electron chi connectivity index (χ4n) is 1.44. The normalized spacial score (nSPS) is 12.9. The van der Waals surface area contributed by atoms with Gasteiger partial charge in [0.1, 0.15) is 0 Å². The molecule has 2 heteroatoms. The molecule has 1 aromatic carbocycles. The van der Waals surface area contributed by atoms with E-state index in [2.05, 4.69) is 43.3 Å². The van der Waals surface area contributed by atoms with E-state index in [1.54, 1.807) is 7.11 Å². The molecule has 0 spiro atoms. The number of unbranched alkanes of at least 4 members (excludes halogenated alkanes) is 1. The van der Waals surface area contributed by atoms with Gasteiger partial charge in [0.2, 0.25) is 0 Å². The van der Waals surface area contributed by atoms with E-state index in [1.165, 1.54) is 23.7 Å². The number of hydrogen-bond donors (Lipinski definition) is 0.